The summed E-state index contributed by atoms with van der Waals surface area (Å²) < 4.78 is 5.46. The van der Waals surface area contributed by atoms with Crippen molar-refractivity contribution in [1.29, 1.82) is 0 Å². The molecule has 0 spiro atoms. The highest BCUT2D eigenvalue weighted by molar-refractivity contribution is 6.09. The molecule has 0 amide bonds. The fourth-order valence-electron chi connectivity index (χ4n) is 2.83. The number of carbonyl (C=O) groups excluding carboxylic acids is 1. The van der Waals surface area contributed by atoms with Crippen molar-refractivity contribution in [2.45, 2.75) is 13.8 Å². The van der Waals surface area contributed by atoms with Crippen LogP contribution < -0.4 is 4.74 Å². The molecule has 6 nitrogen and oxygen atoms in total. The highest BCUT2D eigenvalue weighted by atomic mass is 16.6. The highest BCUT2D eigenvalue weighted by Crippen LogP contribution is 2.30. The van der Waals surface area contributed by atoms with E-state index in [2.05, 4.69) is 4.98 Å². The van der Waals surface area contributed by atoms with E-state index in [1.807, 2.05) is 31.2 Å². The lowest BCUT2D eigenvalue weighted by atomic mass is 10.1. The number of Topliss-reactive ketones (excluding diaryl/α,β-unsaturated/α-hetero) is 1. The topological polar surface area (TPSA) is 85.2 Å². The second-order valence-corrected chi connectivity index (χ2v) is 5.56. The Bertz CT molecular complexity index is 943. The van der Waals surface area contributed by atoms with Crippen molar-refractivity contribution >= 4 is 22.4 Å². The Kier molecular flexibility index (Phi) is 4.04. The summed E-state index contributed by atoms with van der Waals surface area (Å²) in [6.07, 6.45) is 0. The van der Waals surface area contributed by atoms with Crippen LogP contribution >= 0.6 is 0 Å². The molecular weight excluding hydrogens is 308 g/mol. The summed E-state index contributed by atoms with van der Waals surface area (Å²) in [6.45, 7) is 3.20. The van der Waals surface area contributed by atoms with Crippen LogP contribution in [0, 0.1) is 24.0 Å². The molecule has 0 unspecified atom stereocenters. The molecule has 0 saturated heterocycles. The van der Waals surface area contributed by atoms with Crippen LogP contribution in [0.25, 0.3) is 10.9 Å². The van der Waals surface area contributed by atoms with Gasteiger partial charge in [0.15, 0.2) is 12.4 Å². The molecule has 3 aromatic rings. The number of aryl methyl sites for hydroxylation is 2. The van der Waals surface area contributed by atoms with Crippen LogP contribution in [-0.2, 0) is 0 Å². The van der Waals surface area contributed by atoms with Crippen molar-refractivity contribution in [1.82, 2.24) is 4.98 Å². The predicted octanol–water partition coefficient (Wildman–Crippen LogP) is 3.95. The van der Waals surface area contributed by atoms with Gasteiger partial charge in [0.25, 0.3) is 0 Å². The fraction of sp³-hybridized carbons (Fsp3) is 0.167. The number of nitro groups is 1. The number of H-pyrrole nitrogens is 1. The van der Waals surface area contributed by atoms with Gasteiger partial charge in [0, 0.05) is 27.7 Å². The number of aromatic amines is 1. The van der Waals surface area contributed by atoms with Crippen molar-refractivity contribution in [3.63, 3.8) is 0 Å². The van der Waals surface area contributed by atoms with Gasteiger partial charge in [0.05, 0.1) is 4.92 Å². The Balaban J connectivity index is 1.88. The molecule has 0 aliphatic heterocycles. The van der Waals surface area contributed by atoms with E-state index < -0.39 is 4.92 Å². The third kappa shape index (κ3) is 2.74. The zero-order chi connectivity index (χ0) is 17.3. The maximum Gasteiger partial charge on any atom is 0.313 e. The van der Waals surface area contributed by atoms with Crippen LogP contribution in [-0.4, -0.2) is 22.3 Å². The summed E-state index contributed by atoms with van der Waals surface area (Å²) in [5, 5.41) is 12.0. The van der Waals surface area contributed by atoms with Crippen molar-refractivity contribution in [3.05, 3.63) is 69.4 Å². The number of para-hydroxylation sites is 2. The third-order valence-electron chi connectivity index (χ3n) is 3.91. The van der Waals surface area contributed by atoms with Crippen molar-refractivity contribution < 1.29 is 14.5 Å². The minimum atomic E-state index is -0.494. The number of benzene rings is 2. The van der Waals surface area contributed by atoms with Gasteiger partial charge in [-0.3, -0.25) is 14.9 Å². The van der Waals surface area contributed by atoms with Crippen LogP contribution in [0.3, 0.4) is 0 Å². The van der Waals surface area contributed by atoms with Gasteiger partial charge in [-0.2, -0.15) is 0 Å². The molecule has 0 radical (unpaired) electrons. The molecule has 0 saturated carbocycles. The molecule has 0 aliphatic carbocycles. The van der Waals surface area contributed by atoms with E-state index in [4.69, 9.17) is 4.74 Å². The molecule has 0 atom stereocenters. The molecule has 24 heavy (non-hydrogen) atoms. The van der Waals surface area contributed by atoms with E-state index in [0.29, 0.717) is 11.1 Å². The predicted molar refractivity (Wildman–Crippen MR) is 90.7 cm³/mol. The number of hydrogen-bond acceptors (Lipinski definition) is 4. The molecular formula is C18H16N2O4. The van der Waals surface area contributed by atoms with Crippen molar-refractivity contribution in [2.24, 2.45) is 0 Å². The van der Waals surface area contributed by atoms with Gasteiger partial charge in [-0.15, -0.1) is 0 Å². The minimum Gasteiger partial charge on any atom is -0.478 e. The average Bonchev–Trinajstić information content (AvgIpc) is 2.88. The van der Waals surface area contributed by atoms with E-state index in [1.165, 1.54) is 6.07 Å². The highest BCUT2D eigenvalue weighted by Gasteiger charge is 2.21. The Labute approximate surface area is 138 Å². The van der Waals surface area contributed by atoms with Crippen molar-refractivity contribution in [3.8, 4) is 5.75 Å². The number of nitrogens with zero attached hydrogens (tertiary/aromatic N) is 1. The molecule has 6 heteroatoms. The van der Waals surface area contributed by atoms with E-state index in [1.54, 1.807) is 19.1 Å². The van der Waals surface area contributed by atoms with Gasteiger partial charge in [0.1, 0.15) is 0 Å². The second-order valence-electron chi connectivity index (χ2n) is 5.56. The molecule has 1 aromatic heterocycles. The monoisotopic (exact) mass is 324 g/mol. The van der Waals surface area contributed by atoms with E-state index >= 15 is 0 Å². The van der Waals surface area contributed by atoms with Gasteiger partial charge < -0.3 is 9.72 Å². The van der Waals surface area contributed by atoms with E-state index in [0.717, 1.165) is 16.6 Å². The van der Waals surface area contributed by atoms with Gasteiger partial charge in [-0.1, -0.05) is 30.3 Å². The summed E-state index contributed by atoms with van der Waals surface area (Å²) in [6, 6.07) is 12.3. The first-order valence-electron chi connectivity index (χ1n) is 7.46. The van der Waals surface area contributed by atoms with Crippen LogP contribution in [0.15, 0.2) is 42.5 Å². The number of nitro benzene ring substituents is 1. The van der Waals surface area contributed by atoms with Gasteiger partial charge in [-0.05, 0) is 26.0 Å². The van der Waals surface area contributed by atoms with Gasteiger partial charge >= 0.3 is 5.69 Å². The largest absolute Gasteiger partial charge is 0.478 e. The number of ketones is 1. The summed E-state index contributed by atoms with van der Waals surface area (Å²) in [4.78, 5) is 26.4. The van der Waals surface area contributed by atoms with Gasteiger partial charge in [-0.25, -0.2) is 0 Å². The Morgan fingerprint density at radius 1 is 1.17 bits per heavy atom. The first-order chi connectivity index (χ1) is 11.5. The maximum absolute atomic E-state index is 12.6. The lowest BCUT2D eigenvalue weighted by molar-refractivity contribution is -0.386. The van der Waals surface area contributed by atoms with E-state index in [9.17, 15) is 14.9 Å². The van der Waals surface area contributed by atoms with Crippen molar-refractivity contribution in [2.75, 3.05) is 6.61 Å². The maximum atomic E-state index is 12.6. The number of fused-ring (bicyclic) bond motifs is 1. The average molecular weight is 324 g/mol. The fourth-order valence-corrected chi connectivity index (χ4v) is 2.83. The Morgan fingerprint density at radius 2 is 1.92 bits per heavy atom. The standard InChI is InChI=1S/C18H16N2O4/c1-11-6-5-9-16(18(11)20(22)23)24-10-15(21)17-12(2)19-14-8-4-3-7-13(14)17/h3-9,19H,10H2,1-2H3. The van der Waals surface area contributed by atoms with Crippen LogP contribution in [0.5, 0.6) is 5.75 Å². The molecule has 122 valence electrons. The quantitative estimate of drug-likeness (QED) is 0.437. The minimum absolute atomic E-state index is 0.103. The third-order valence-corrected chi connectivity index (χ3v) is 3.91. The van der Waals surface area contributed by atoms with Crippen LogP contribution in [0.2, 0.25) is 0 Å². The lowest BCUT2D eigenvalue weighted by Crippen LogP contribution is -2.13. The zero-order valence-corrected chi connectivity index (χ0v) is 13.3. The molecule has 3 rings (SSSR count). The number of carbonyl (C=O) groups is 1. The first-order valence-corrected chi connectivity index (χ1v) is 7.46. The van der Waals surface area contributed by atoms with Crippen LogP contribution in [0.1, 0.15) is 21.6 Å². The second kappa shape index (κ2) is 6.16. The summed E-state index contributed by atoms with van der Waals surface area (Å²) in [5.74, 6) is -0.119. The Hall–Kier alpha value is -3.15. The number of ether oxygens (including phenoxy) is 1. The summed E-state index contributed by atoms with van der Waals surface area (Å²) in [7, 11) is 0. The first kappa shape index (κ1) is 15.7. The zero-order valence-electron chi connectivity index (χ0n) is 13.3. The molecule has 1 N–H and O–H groups in total. The lowest BCUT2D eigenvalue weighted by Gasteiger charge is -2.08. The molecule has 0 bridgehead atoms. The number of hydrogen-bond donors (Lipinski definition) is 1. The summed E-state index contributed by atoms with van der Waals surface area (Å²) >= 11 is 0. The van der Waals surface area contributed by atoms with Gasteiger partial charge in [0.2, 0.25) is 5.78 Å². The Morgan fingerprint density at radius 3 is 2.67 bits per heavy atom. The molecule has 0 fully saturated rings. The molecule has 0 aliphatic rings. The normalized spacial score (nSPS) is 10.8. The summed E-state index contributed by atoms with van der Waals surface area (Å²) in [5.41, 5.74) is 2.57. The molecule has 2 aromatic carbocycles. The van der Waals surface area contributed by atoms with E-state index in [-0.39, 0.29) is 23.8 Å². The number of rotatable bonds is 5. The molecule has 1 heterocycles. The SMILES string of the molecule is Cc1cccc(OCC(=O)c2c(C)[nH]c3ccccc23)c1[N+](=O)[O-]. The smallest absolute Gasteiger partial charge is 0.313 e. The van der Waals surface area contributed by atoms with Crippen LogP contribution in [0.4, 0.5) is 5.69 Å². The number of aromatic nitrogens is 1. The number of nitrogens with one attached hydrogen (secondary N) is 1.